The number of amides is 1. The molecule has 1 rings (SSSR count). The minimum atomic E-state index is -3.78. The van der Waals surface area contributed by atoms with Crippen LogP contribution in [0, 0.1) is 0 Å². The highest BCUT2D eigenvalue weighted by Crippen LogP contribution is 2.56. The number of nitrogens with zero attached hydrogens (tertiary/aromatic N) is 1. The van der Waals surface area contributed by atoms with Gasteiger partial charge in [-0.2, -0.15) is 0 Å². The summed E-state index contributed by atoms with van der Waals surface area (Å²) in [6.07, 6.45) is 8.20. The number of unbranched alkanes of at least 4 members (excludes halogenated alkanes) is 6. The highest BCUT2D eigenvalue weighted by atomic mass is 31.2. The predicted octanol–water partition coefficient (Wildman–Crippen LogP) is 5.52. The summed E-state index contributed by atoms with van der Waals surface area (Å²) in [5.74, 6) is -1.54. The number of rotatable bonds is 11. The molecule has 0 radical (unpaired) electrons. The van der Waals surface area contributed by atoms with Gasteiger partial charge in [0, 0.05) is 26.7 Å². The molecule has 0 N–H and O–H groups in total. The average Bonchev–Trinajstić information content (AvgIpc) is 2.96. The first-order chi connectivity index (χ1) is 13.1. The third-order valence-corrected chi connectivity index (χ3v) is 7.09. The largest absolute Gasteiger partial charge is 0.444 e. The number of Topliss-reactive ketones (excluding diaryl/α,β-unsaturated/α-hetero) is 1. The minimum absolute atomic E-state index is 0.149. The molecule has 0 aromatic heterocycles. The maximum absolute atomic E-state index is 13.0. The Labute approximate surface area is 170 Å². The Hall–Kier alpha value is -0.910. The third-order valence-electron chi connectivity index (χ3n) is 4.94. The highest BCUT2D eigenvalue weighted by molar-refractivity contribution is 7.55. The summed E-state index contributed by atoms with van der Waals surface area (Å²) >= 11 is 0. The minimum Gasteiger partial charge on any atom is -0.444 e. The Morgan fingerprint density at radius 3 is 2.11 bits per heavy atom. The molecule has 28 heavy (non-hydrogen) atoms. The van der Waals surface area contributed by atoms with Gasteiger partial charge in [0.1, 0.15) is 5.60 Å². The molecule has 1 saturated heterocycles. The zero-order valence-corrected chi connectivity index (χ0v) is 19.3. The van der Waals surface area contributed by atoms with Gasteiger partial charge in [-0.1, -0.05) is 51.9 Å². The van der Waals surface area contributed by atoms with Gasteiger partial charge in [-0.15, -0.1) is 0 Å². The number of hydrogen-bond donors (Lipinski definition) is 0. The molecule has 1 fully saturated rings. The van der Waals surface area contributed by atoms with E-state index in [1.165, 1.54) is 44.8 Å². The van der Waals surface area contributed by atoms with Crippen LogP contribution in [0.4, 0.5) is 4.79 Å². The van der Waals surface area contributed by atoms with Gasteiger partial charge in [-0.3, -0.25) is 14.3 Å². The van der Waals surface area contributed by atoms with Crippen molar-refractivity contribution in [3.05, 3.63) is 0 Å². The molecule has 0 aliphatic carbocycles. The lowest BCUT2D eigenvalue weighted by Gasteiger charge is -2.33. The number of ketones is 1. The van der Waals surface area contributed by atoms with Crippen molar-refractivity contribution in [2.45, 2.75) is 103 Å². The summed E-state index contributed by atoms with van der Waals surface area (Å²) in [4.78, 5) is 26.8. The number of carbonyl (C=O) groups is 2. The van der Waals surface area contributed by atoms with Crippen molar-refractivity contribution in [1.29, 1.82) is 0 Å². The van der Waals surface area contributed by atoms with Crippen molar-refractivity contribution < 1.29 is 27.9 Å². The molecule has 0 bridgehead atoms. The molecule has 1 aliphatic rings. The molecule has 0 aromatic carbocycles. The number of carbonyl (C=O) groups excluding carboxylic acids is 2. The monoisotopic (exact) mass is 419 g/mol. The second kappa shape index (κ2) is 11.3. The fourth-order valence-corrected chi connectivity index (χ4v) is 5.13. The summed E-state index contributed by atoms with van der Waals surface area (Å²) in [5, 5.41) is 0. The smallest absolute Gasteiger partial charge is 0.411 e. The Balaban J connectivity index is 2.85. The number of hydrogen-bond acceptors (Lipinski definition) is 6. The normalized spacial score (nSPS) is 20.6. The fourth-order valence-electron chi connectivity index (χ4n) is 3.54. The highest BCUT2D eigenvalue weighted by Gasteiger charge is 2.54. The van der Waals surface area contributed by atoms with E-state index in [1.54, 1.807) is 20.8 Å². The summed E-state index contributed by atoms with van der Waals surface area (Å²) < 4.78 is 28.5. The third kappa shape index (κ3) is 7.16. The molecular weight excluding hydrogens is 381 g/mol. The average molecular weight is 419 g/mol. The van der Waals surface area contributed by atoms with Crippen LogP contribution in [0.25, 0.3) is 0 Å². The van der Waals surface area contributed by atoms with Crippen LogP contribution in [0.15, 0.2) is 0 Å². The van der Waals surface area contributed by atoms with Crippen LogP contribution < -0.4 is 0 Å². The van der Waals surface area contributed by atoms with Crippen molar-refractivity contribution >= 4 is 19.5 Å². The van der Waals surface area contributed by atoms with Crippen LogP contribution in [0.5, 0.6) is 0 Å². The van der Waals surface area contributed by atoms with Crippen LogP contribution >= 0.6 is 7.60 Å². The Kier molecular flexibility index (Phi) is 10.2. The molecule has 1 aliphatic heterocycles. The van der Waals surface area contributed by atoms with Crippen LogP contribution in [0.2, 0.25) is 0 Å². The van der Waals surface area contributed by atoms with Gasteiger partial charge < -0.3 is 13.8 Å². The van der Waals surface area contributed by atoms with Gasteiger partial charge in [-0.25, -0.2) is 4.79 Å². The SMILES string of the molecule is CCCCCCCCC[C@@H]1CC(=O)[C@H](P(=O)(OC)OC)N1C(=O)OC(C)(C)C. The number of ether oxygens (including phenoxy) is 1. The molecule has 1 amide bonds. The molecule has 1 heterocycles. The fraction of sp³-hybridized carbons (Fsp3) is 0.900. The lowest BCUT2D eigenvalue weighted by atomic mass is 10.0. The second-order valence-electron chi connectivity index (χ2n) is 8.40. The van der Waals surface area contributed by atoms with E-state index in [4.69, 9.17) is 13.8 Å². The Bertz CT molecular complexity index is 551. The van der Waals surface area contributed by atoms with Crippen LogP contribution in [0.1, 0.15) is 85.5 Å². The predicted molar refractivity (Wildman–Crippen MR) is 110 cm³/mol. The molecule has 0 saturated carbocycles. The Morgan fingerprint density at radius 1 is 1.07 bits per heavy atom. The van der Waals surface area contributed by atoms with Crippen LogP contribution in [0.3, 0.4) is 0 Å². The molecule has 0 spiro atoms. The molecule has 164 valence electrons. The standard InChI is InChI=1S/C20H38NO6P/c1-7-8-9-10-11-12-13-14-16-15-17(22)18(28(24,25-5)26-6)21(16)19(23)27-20(2,3)4/h16,18H,7-15H2,1-6H3/t16-,18+/m1/s1. The van der Waals surface area contributed by atoms with Crippen molar-refractivity contribution in [2.75, 3.05) is 14.2 Å². The maximum atomic E-state index is 13.0. The maximum Gasteiger partial charge on any atom is 0.411 e. The lowest BCUT2D eigenvalue weighted by Crippen LogP contribution is -2.45. The topological polar surface area (TPSA) is 82.1 Å². The first-order valence-electron chi connectivity index (χ1n) is 10.3. The molecular formula is C20H38NO6P. The van der Waals surface area contributed by atoms with Crippen molar-refractivity contribution in [1.82, 2.24) is 4.90 Å². The van der Waals surface area contributed by atoms with E-state index in [2.05, 4.69) is 6.92 Å². The molecule has 7 nitrogen and oxygen atoms in total. The van der Waals surface area contributed by atoms with Crippen molar-refractivity contribution in [3.63, 3.8) is 0 Å². The van der Waals surface area contributed by atoms with Gasteiger partial charge in [0.15, 0.2) is 11.6 Å². The summed E-state index contributed by atoms with van der Waals surface area (Å²) in [7, 11) is -1.32. The Morgan fingerprint density at radius 2 is 1.61 bits per heavy atom. The van der Waals surface area contributed by atoms with E-state index in [1.807, 2.05) is 0 Å². The van der Waals surface area contributed by atoms with Gasteiger partial charge in [0.2, 0.25) is 0 Å². The van der Waals surface area contributed by atoms with E-state index >= 15 is 0 Å². The number of likely N-dealkylation sites (tertiary alicyclic amines) is 1. The van der Waals surface area contributed by atoms with Gasteiger partial charge >= 0.3 is 13.7 Å². The van der Waals surface area contributed by atoms with Gasteiger partial charge in [0.05, 0.1) is 0 Å². The lowest BCUT2D eigenvalue weighted by molar-refractivity contribution is -0.118. The second-order valence-corrected chi connectivity index (χ2v) is 10.7. The molecule has 2 atom stereocenters. The zero-order valence-electron chi connectivity index (χ0n) is 18.4. The van der Waals surface area contributed by atoms with Gasteiger partial charge in [-0.05, 0) is 27.2 Å². The van der Waals surface area contributed by atoms with Crippen LogP contribution in [-0.2, 0) is 23.1 Å². The summed E-state index contributed by atoms with van der Waals surface area (Å²) in [6, 6.07) is -0.346. The summed E-state index contributed by atoms with van der Waals surface area (Å²) in [6.45, 7) is 7.47. The quantitative estimate of drug-likeness (QED) is 0.324. The van der Waals surface area contributed by atoms with Crippen molar-refractivity contribution in [2.24, 2.45) is 0 Å². The molecule has 0 aromatic rings. The van der Waals surface area contributed by atoms with E-state index in [9.17, 15) is 14.2 Å². The van der Waals surface area contributed by atoms with E-state index in [-0.39, 0.29) is 18.2 Å². The first-order valence-corrected chi connectivity index (χ1v) is 12.0. The molecule has 8 heteroatoms. The van der Waals surface area contributed by atoms with E-state index < -0.39 is 25.1 Å². The van der Waals surface area contributed by atoms with Crippen molar-refractivity contribution in [3.8, 4) is 0 Å². The zero-order chi connectivity index (χ0) is 21.4. The molecule has 0 unspecified atom stereocenters. The first kappa shape index (κ1) is 25.1. The van der Waals surface area contributed by atoms with Gasteiger partial charge in [0.25, 0.3) is 0 Å². The van der Waals surface area contributed by atoms with E-state index in [0.717, 1.165) is 19.3 Å². The van der Waals surface area contributed by atoms with Crippen LogP contribution in [-0.4, -0.2) is 48.4 Å². The van der Waals surface area contributed by atoms with E-state index in [0.29, 0.717) is 6.42 Å². The summed E-state index contributed by atoms with van der Waals surface area (Å²) in [5.41, 5.74) is -0.721.